The van der Waals surface area contributed by atoms with Gasteiger partial charge in [0.05, 0.1) is 5.69 Å². The van der Waals surface area contributed by atoms with Crippen LogP contribution in [0.3, 0.4) is 0 Å². The van der Waals surface area contributed by atoms with Gasteiger partial charge in [-0.15, -0.1) is 0 Å². The maximum Gasteiger partial charge on any atom is 0.286 e. The number of halogens is 2. The highest BCUT2D eigenvalue weighted by Gasteiger charge is 2.26. The van der Waals surface area contributed by atoms with Gasteiger partial charge in [0.25, 0.3) is 5.92 Å². The van der Waals surface area contributed by atoms with Crippen LogP contribution >= 0.6 is 25.7 Å². The maximum atomic E-state index is 12.9. The number of nitrogens with two attached hydrogens (primary N) is 1. The van der Waals surface area contributed by atoms with E-state index in [4.69, 9.17) is 10.0 Å². The second-order valence-electron chi connectivity index (χ2n) is 3.37. The molecule has 1 heterocycles. The monoisotopic (exact) mass is 283 g/mol. The summed E-state index contributed by atoms with van der Waals surface area (Å²) in [5.41, 5.74) is 0.122. The first kappa shape index (κ1) is 16.4. The maximum absolute atomic E-state index is 12.9. The molecule has 0 radical (unpaired) electrons. The zero-order valence-electron chi connectivity index (χ0n) is 9.70. The summed E-state index contributed by atoms with van der Waals surface area (Å²) in [4.78, 5) is 3.77. The second kappa shape index (κ2) is 6.39. The van der Waals surface area contributed by atoms with E-state index in [-0.39, 0.29) is 19.2 Å². The third-order valence-electron chi connectivity index (χ3n) is 1.73. The highest BCUT2D eigenvalue weighted by Crippen LogP contribution is 2.28. The van der Waals surface area contributed by atoms with Crippen molar-refractivity contribution in [2.24, 2.45) is 5.84 Å². The first-order valence-corrected chi connectivity index (χ1v) is 5.19. The first-order valence-electron chi connectivity index (χ1n) is 4.49. The molecular weight excluding hydrogens is 268 g/mol. The van der Waals surface area contributed by atoms with E-state index in [9.17, 15) is 8.78 Å². The summed E-state index contributed by atoms with van der Waals surface area (Å²) in [6.45, 7) is 2.40. The average molecular weight is 283 g/mol. The van der Waals surface area contributed by atoms with E-state index in [1.165, 1.54) is 16.5 Å². The Kier molecular flexibility index (Phi) is 6.17. The lowest BCUT2D eigenvalue weighted by atomic mass is 10.2. The van der Waals surface area contributed by atoms with Crippen molar-refractivity contribution in [1.29, 1.82) is 0 Å². The lowest BCUT2D eigenvalue weighted by molar-refractivity contribution is 0.0126. The number of hydrazine groups is 1. The number of hydrogen-bond acceptors (Lipinski definition) is 5. The number of nitrogens with zero attached hydrogens (tertiary/aromatic N) is 2. The largest absolute Gasteiger partial charge is 0.407 e. The summed E-state index contributed by atoms with van der Waals surface area (Å²) in [6, 6.07) is 2.69. The van der Waals surface area contributed by atoms with E-state index in [1.54, 1.807) is 14.0 Å². The molecule has 4 nitrogen and oxygen atoms in total. The van der Waals surface area contributed by atoms with Crippen LogP contribution in [-0.4, -0.2) is 16.4 Å². The van der Waals surface area contributed by atoms with Gasteiger partial charge in [0.2, 0.25) is 0 Å². The zero-order valence-corrected chi connectivity index (χ0v) is 11.5. The number of aromatic nitrogens is 1. The Hall–Kier alpha value is -0.570. The van der Waals surface area contributed by atoms with Crippen LogP contribution in [0, 0.1) is 6.92 Å². The van der Waals surface area contributed by atoms with Gasteiger partial charge in [0.1, 0.15) is 5.69 Å². The third kappa shape index (κ3) is 5.07. The molecule has 0 saturated carbocycles. The molecule has 0 bridgehead atoms. The molecule has 0 aliphatic carbocycles. The fourth-order valence-corrected chi connectivity index (χ4v) is 1.35. The molecule has 98 valence electrons. The molecule has 1 rings (SSSR count). The van der Waals surface area contributed by atoms with Crippen molar-refractivity contribution in [2.45, 2.75) is 19.8 Å². The van der Waals surface area contributed by atoms with Gasteiger partial charge in [0, 0.05) is 14.0 Å². The molecular formula is C9H15F2N3OS2. The van der Waals surface area contributed by atoms with Crippen LogP contribution in [-0.2, 0) is 5.92 Å². The van der Waals surface area contributed by atoms with Crippen LogP contribution < -0.4 is 10.0 Å². The van der Waals surface area contributed by atoms with Crippen molar-refractivity contribution < 1.29 is 13.0 Å². The Morgan fingerprint density at radius 3 is 2.47 bits per heavy atom. The number of pyridine rings is 1. The molecule has 1 aromatic heterocycles. The Labute approximate surface area is 110 Å². The average Bonchev–Trinajstić information content (AvgIpc) is 2.14. The molecule has 0 unspecified atom stereocenters. The minimum atomic E-state index is -2.94. The van der Waals surface area contributed by atoms with Crippen molar-refractivity contribution in [3.63, 3.8) is 0 Å². The summed E-state index contributed by atoms with van der Waals surface area (Å²) in [5, 5.41) is 0. The van der Waals surface area contributed by atoms with Crippen LogP contribution in [0.2, 0.25) is 0 Å². The van der Waals surface area contributed by atoms with E-state index >= 15 is 0 Å². The summed E-state index contributed by atoms with van der Waals surface area (Å²) in [7, 11) is 1.60. The standard InChI is InChI=1S/C9H13F2N3OS.H2S/c1-6-7(15-16-14(3)12)4-5-8(13-6)9(2,10)11;/h4-5H,12H2,1-3H3;1H2. The van der Waals surface area contributed by atoms with Gasteiger partial charge >= 0.3 is 0 Å². The van der Waals surface area contributed by atoms with E-state index in [0.717, 1.165) is 19.2 Å². The van der Waals surface area contributed by atoms with Gasteiger partial charge in [-0.05, 0) is 19.1 Å². The smallest absolute Gasteiger partial charge is 0.286 e. The number of aryl methyl sites for hydroxylation is 1. The van der Waals surface area contributed by atoms with Crippen molar-refractivity contribution in [1.82, 2.24) is 9.40 Å². The molecule has 17 heavy (non-hydrogen) atoms. The summed E-state index contributed by atoms with van der Waals surface area (Å²) >= 11 is 0.895. The first-order chi connectivity index (χ1) is 7.30. The van der Waals surface area contributed by atoms with Crippen molar-refractivity contribution >= 4 is 25.7 Å². The molecule has 0 atom stereocenters. The van der Waals surface area contributed by atoms with E-state index in [2.05, 4.69) is 4.98 Å². The molecule has 0 saturated heterocycles. The quantitative estimate of drug-likeness (QED) is 0.398. The Balaban J connectivity index is 0.00000256. The van der Waals surface area contributed by atoms with Gasteiger partial charge in [0.15, 0.2) is 18.0 Å². The molecule has 0 spiro atoms. The van der Waals surface area contributed by atoms with Gasteiger partial charge in [-0.3, -0.25) is 5.84 Å². The topological polar surface area (TPSA) is 51.4 Å². The Bertz CT molecular complexity index is 372. The van der Waals surface area contributed by atoms with Crippen molar-refractivity contribution in [2.75, 3.05) is 7.05 Å². The van der Waals surface area contributed by atoms with Crippen LogP contribution in [0.25, 0.3) is 0 Å². The Morgan fingerprint density at radius 1 is 1.47 bits per heavy atom. The zero-order chi connectivity index (χ0) is 12.3. The molecule has 1 aromatic rings. The van der Waals surface area contributed by atoms with Gasteiger partial charge in [-0.2, -0.15) is 26.7 Å². The van der Waals surface area contributed by atoms with E-state index < -0.39 is 5.92 Å². The molecule has 0 aliphatic heterocycles. The fraction of sp³-hybridized carbons (Fsp3) is 0.444. The normalized spacial score (nSPS) is 11.2. The van der Waals surface area contributed by atoms with E-state index in [0.29, 0.717) is 11.4 Å². The van der Waals surface area contributed by atoms with Gasteiger partial charge in [-0.25, -0.2) is 4.98 Å². The van der Waals surface area contributed by atoms with Crippen molar-refractivity contribution in [3.8, 4) is 5.75 Å². The van der Waals surface area contributed by atoms with Crippen LogP contribution in [0.1, 0.15) is 18.3 Å². The van der Waals surface area contributed by atoms with Crippen LogP contribution in [0.15, 0.2) is 12.1 Å². The van der Waals surface area contributed by atoms with Gasteiger partial charge in [-0.1, -0.05) is 0 Å². The minimum absolute atomic E-state index is 0. The summed E-state index contributed by atoms with van der Waals surface area (Å²) < 4.78 is 32.3. The minimum Gasteiger partial charge on any atom is -0.407 e. The highest BCUT2D eigenvalue weighted by molar-refractivity contribution is 7.92. The summed E-state index contributed by atoms with van der Waals surface area (Å²) in [5.74, 6) is 2.79. The lowest BCUT2D eigenvalue weighted by Gasteiger charge is -2.13. The van der Waals surface area contributed by atoms with Gasteiger partial charge < -0.3 is 4.18 Å². The van der Waals surface area contributed by atoms with Crippen LogP contribution in [0.5, 0.6) is 5.75 Å². The lowest BCUT2D eigenvalue weighted by Crippen LogP contribution is -2.18. The second-order valence-corrected chi connectivity index (χ2v) is 4.26. The SMILES string of the molecule is Cc1nc(C(C)(F)F)ccc1OSN(C)N.S. The molecule has 0 fully saturated rings. The fourth-order valence-electron chi connectivity index (χ4n) is 0.980. The Morgan fingerprint density at radius 2 is 2.06 bits per heavy atom. The predicted molar refractivity (Wildman–Crippen MR) is 69.1 cm³/mol. The number of hydrogen-bond donors (Lipinski definition) is 1. The highest BCUT2D eigenvalue weighted by atomic mass is 32.2. The van der Waals surface area contributed by atoms with Crippen molar-refractivity contribution in [3.05, 3.63) is 23.5 Å². The molecule has 0 aliphatic rings. The molecule has 8 heteroatoms. The van der Waals surface area contributed by atoms with E-state index in [1.807, 2.05) is 0 Å². The predicted octanol–water partition coefficient (Wildman–Crippen LogP) is 2.36. The molecule has 0 aromatic carbocycles. The summed E-state index contributed by atoms with van der Waals surface area (Å²) in [6.07, 6.45) is 0. The molecule has 0 amide bonds. The van der Waals surface area contributed by atoms with Crippen LogP contribution in [0.4, 0.5) is 8.78 Å². The number of alkyl halides is 2. The molecule has 2 N–H and O–H groups in total. The number of rotatable bonds is 4. The third-order valence-corrected chi connectivity index (χ3v) is 2.22.